The molecule has 0 saturated heterocycles. The van der Waals surface area contributed by atoms with Gasteiger partial charge in [-0.15, -0.1) is 0 Å². The molecule has 0 radical (unpaired) electrons. The van der Waals surface area contributed by atoms with Crippen LogP contribution in [0.15, 0.2) is 76.2 Å². The van der Waals surface area contributed by atoms with E-state index >= 15 is 0 Å². The van der Waals surface area contributed by atoms with Crippen molar-refractivity contribution in [3.05, 3.63) is 87.6 Å². The van der Waals surface area contributed by atoms with Crippen molar-refractivity contribution in [1.29, 1.82) is 0 Å². The Balaban J connectivity index is 1.23. The molecule has 170 valence electrons. The summed E-state index contributed by atoms with van der Waals surface area (Å²) in [5.74, 6) is 1.35. The topological polar surface area (TPSA) is 116 Å². The molecule has 1 atom stereocenters. The molecule has 0 aliphatic carbocycles. The van der Waals surface area contributed by atoms with Crippen LogP contribution >= 0.6 is 11.6 Å². The Morgan fingerprint density at radius 2 is 1.85 bits per heavy atom. The molecular weight excluding hydrogens is 462 g/mol. The van der Waals surface area contributed by atoms with E-state index in [1.165, 1.54) is 24.4 Å². The molecule has 2 heterocycles. The Morgan fingerprint density at radius 1 is 1.09 bits per heavy atom. The molecule has 0 bridgehead atoms. The first-order chi connectivity index (χ1) is 16.5. The lowest BCUT2D eigenvalue weighted by atomic mass is 10.1. The lowest BCUT2D eigenvalue weighted by Crippen LogP contribution is -2.42. The summed E-state index contributed by atoms with van der Waals surface area (Å²) in [6, 6.07) is 18.9. The van der Waals surface area contributed by atoms with Crippen molar-refractivity contribution < 1.29 is 23.6 Å². The first-order valence-electron chi connectivity index (χ1n) is 10.2. The van der Waals surface area contributed by atoms with Gasteiger partial charge in [-0.05, 0) is 41.1 Å². The maximum absolute atomic E-state index is 12.5. The lowest BCUT2D eigenvalue weighted by Gasteiger charge is -2.25. The summed E-state index contributed by atoms with van der Waals surface area (Å²) in [6.45, 7) is 0.0518. The first kappa shape index (κ1) is 21.5. The summed E-state index contributed by atoms with van der Waals surface area (Å²) in [4.78, 5) is 22.8. The Morgan fingerprint density at radius 3 is 2.59 bits per heavy atom. The van der Waals surface area contributed by atoms with E-state index in [-0.39, 0.29) is 17.3 Å². The van der Waals surface area contributed by atoms with E-state index < -0.39 is 16.9 Å². The highest BCUT2D eigenvalue weighted by Crippen LogP contribution is 2.36. The number of nitrogens with one attached hydrogen (secondary N) is 1. The Bertz CT molecular complexity index is 1450. The highest BCUT2D eigenvalue weighted by Gasteiger charge is 2.27. The maximum Gasteiger partial charge on any atom is 0.284 e. The van der Waals surface area contributed by atoms with Crippen molar-refractivity contribution in [2.45, 2.75) is 6.10 Å². The van der Waals surface area contributed by atoms with Gasteiger partial charge < -0.3 is 13.9 Å². The van der Waals surface area contributed by atoms with Gasteiger partial charge in [0.05, 0.1) is 16.2 Å². The minimum atomic E-state index is -0.864. The van der Waals surface area contributed by atoms with Crippen molar-refractivity contribution >= 4 is 40.2 Å². The third kappa shape index (κ3) is 4.28. The number of fused-ring (bicyclic) bond motifs is 2. The normalized spacial score (nSPS) is 14.9. The molecule has 4 aromatic rings. The molecule has 3 aromatic carbocycles. The molecule has 1 unspecified atom stereocenters. The zero-order valence-electron chi connectivity index (χ0n) is 17.4. The number of ether oxygens (including phenoxy) is 2. The second-order valence-corrected chi connectivity index (χ2v) is 7.83. The monoisotopic (exact) mass is 477 g/mol. The minimum Gasteiger partial charge on any atom is -0.485 e. The average Bonchev–Trinajstić information content (AvgIpc) is 3.30. The third-order valence-electron chi connectivity index (χ3n) is 5.19. The number of halogens is 1. The number of furan rings is 1. The predicted octanol–water partition coefficient (Wildman–Crippen LogP) is 4.95. The molecule has 0 spiro atoms. The van der Waals surface area contributed by atoms with Crippen molar-refractivity contribution in [1.82, 2.24) is 5.43 Å². The smallest absolute Gasteiger partial charge is 0.284 e. The number of hydrazone groups is 1. The summed E-state index contributed by atoms with van der Waals surface area (Å²) < 4.78 is 17.2. The number of hydrogen-bond acceptors (Lipinski definition) is 7. The van der Waals surface area contributed by atoms with Gasteiger partial charge in [-0.3, -0.25) is 14.9 Å². The van der Waals surface area contributed by atoms with Crippen molar-refractivity contribution in [3.63, 3.8) is 0 Å². The fraction of sp³-hybridized carbons (Fsp3) is 0.0833. The second-order valence-electron chi connectivity index (χ2n) is 7.42. The van der Waals surface area contributed by atoms with Crippen LogP contribution < -0.4 is 14.9 Å². The van der Waals surface area contributed by atoms with Crippen LogP contribution in [0.5, 0.6) is 11.5 Å². The van der Waals surface area contributed by atoms with Gasteiger partial charge in [-0.25, -0.2) is 5.43 Å². The number of non-ortho nitro benzene ring substituents is 1. The summed E-state index contributed by atoms with van der Waals surface area (Å²) in [5.41, 5.74) is 2.79. The molecule has 34 heavy (non-hydrogen) atoms. The van der Waals surface area contributed by atoms with E-state index in [0.717, 1.165) is 10.8 Å². The number of benzene rings is 3. The standard InChI is InChI=1S/C24H16ClN3O6/c25-19-11-16(28(30)31)5-7-18(19)20-8-6-17(33-20)12-26-27-24(29)23-13-32-21-9-14-3-1-2-4-15(14)10-22(21)34-23/h1-12,23H,13H2,(H,27,29). The Kier molecular flexibility index (Phi) is 5.60. The minimum absolute atomic E-state index is 0.0518. The van der Waals surface area contributed by atoms with Gasteiger partial charge in [-0.1, -0.05) is 35.9 Å². The largest absolute Gasteiger partial charge is 0.485 e. The van der Waals surface area contributed by atoms with Crippen LogP contribution in [0.2, 0.25) is 5.02 Å². The summed E-state index contributed by atoms with van der Waals surface area (Å²) >= 11 is 6.14. The van der Waals surface area contributed by atoms with E-state index in [0.29, 0.717) is 28.6 Å². The van der Waals surface area contributed by atoms with Crippen molar-refractivity contribution in [2.24, 2.45) is 5.10 Å². The summed E-state index contributed by atoms with van der Waals surface area (Å²) in [7, 11) is 0. The van der Waals surface area contributed by atoms with Crippen LogP contribution in [0, 0.1) is 10.1 Å². The lowest BCUT2D eigenvalue weighted by molar-refractivity contribution is -0.384. The molecule has 1 amide bonds. The quantitative estimate of drug-likeness (QED) is 0.247. The highest BCUT2D eigenvalue weighted by atomic mass is 35.5. The highest BCUT2D eigenvalue weighted by molar-refractivity contribution is 6.33. The molecule has 0 fully saturated rings. The van der Waals surface area contributed by atoms with E-state index in [4.69, 9.17) is 25.5 Å². The number of carbonyl (C=O) groups excluding carboxylic acids is 1. The Hall–Kier alpha value is -4.37. The van der Waals surface area contributed by atoms with E-state index in [1.54, 1.807) is 12.1 Å². The van der Waals surface area contributed by atoms with Gasteiger partial charge in [-0.2, -0.15) is 5.10 Å². The summed E-state index contributed by atoms with van der Waals surface area (Å²) in [5, 5.41) is 17.0. The summed E-state index contributed by atoms with van der Waals surface area (Å²) in [6.07, 6.45) is 0.461. The van der Waals surface area contributed by atoms with Gasteiger partial charge in [0.15, 0.2) is 11.5 Å². The third-order valence-corrected chi connectivity index (χ3v) is 5.50. The van der Waals surface area contributed by atoms with Crippen LogP contribution in [-0.4, -0.2) is 29.8 Å². The van der Waals surface area contributed by atoms with Crippen LogP contribution in [0.4, 0.5) is 5.69 Å². The molecule has 0 saturated carbocycles. The maximum atomic E-state index is 12.5. The number of hydrogen-bond donors (Lipinski definition) is 1. The van der Waals surface area contributed by atoms with Crippen molar-refractivity contribution in [2.75, 3.05) is 6.61 Å². The van der Waals surface area contributed by atoms with Gasteiger partial charge in [0.1, 0.15) is 18.1 Å². The second kappa shape index (κ2) is 8.87. The van der Waals surface area contributed by atoms with Gasteiger partial charge >= 0.3 is 0 Å². The fourth-order valence-corrected chi connectivity index (χ4v) is 3.77. The van der Waals surface area contributed by atoms with Gasteiger partial charge in [0.25, 0.3) is 11.6 Å². The van der Waals surface area contributed by atoms with Crippen LogP contribution in [0.25, 0.3) is 22.1 Å². The number of nitrogens with zero attached hydrogens (tertiary/aromatic N) is 2. The van der Waals surface area contributed by atoms with Crippen LogP contribution in [0.1, 0.15) is 5.76 Å². The Labute approximate surface area is 197 Å². The molecule has 10 heteroatoms. The fourth-order valence-electron chi connectivity index (χ4n) is 3.50. The molecule has 5 rings (SSSR count). The molecule has 1 aliphatic heterocycles. The zero-order valence-corrected chi connectivity index (χ0v) is 18.2. The van der Waals surface area contributed by atoms with E-state index in [9.17, 15) is 14.9 Å². The molecule has 1 aliphatic rings. The molecule has 1 N–H and O–H groups in total. The first-order valence-corrected chi connectivity index (χ1v) is 10.5. The molecular formula is C24H16ClN3O6. The van der Waals surface area contributed by atoms with E-state index in [2.05, 4.69) is 10.5 Å². The number of nitro benzene ring substituents is 1. The van der Waals surface area contributed by atoms with Crippen LogP contribution in [-0.2, 0) is 4.79 Å². The van der Waals surface area contributed by atoms with E-state index in [1.807, 2.05) is 36.4 Å². The van der Waals surface area contributed by atoms with Gasteiger partial charge in [0.2, 0.25) is 6.10 Å². The molecule has 1 aromatic heterocycles. The average molecular weight is 478 g/mol. The predicted molar refractivity (Wildman–Crippen MR) is 125 cm³/mol. The van der Waals surface area contributed by atoms with Crippen LogP contribution in [0.3, 0.4) is 0 Å². The molecule has 9 nitrogen and oxygen atoms in total. The number of amides is 1. The van der Waals surface area contributed by atoms with Gasteiger partial charge in [0, 0.05) is 17.7 Å². The number of carbonyl (C=O) groups is 1. The SMILES string of the molecule is O=C(NN=Cc1ccc(-c2ccc([N+](=O)[O-])cc2Cl)o1)C1COc2cc3ccccc3cc2O1. The number of rotatable bonds is 5. The zero-order chi connectivity index (χ0) is 23.7. The van der Waals surface area contributed by atoms with Crippen molar-refractivity contribution in [3.8, 4) is 22.8 Å². The number of nitro groups is 1.